The molecule has 6 heteroatoms. The first-order chi connectivity index (χ1) is 19.1. The maximum absolute atomic E-state index is 9.26. The monoisotopic (exact) mass is 525 g/mol. The third-order valence-corrected chi connectivity index (χ3v) is 6.61. The van der Waals surface area contributed by atoms with Gasteiger partial charge >= 0.3 is 0 Å². The van der Waals surface area contributed by atoms with Crippen LogP contribution >= 0.6 is 0 Å². The first-order valence-electron chi connectivity index (χ1n) is 13.3. The van der Waals surface area contributed by atoms with Crippen molar-refractivity contribution < 1.29 is 14.6 Å². The Morgan fingerprint density at radius 2 is 0.718 bits per heavy atom. The van der Waals surface area contributed by atoms with Crippen molar-refractivity contribution in [1.82, 2.24) is 16.0 Å². The molecule has 204 valence electrons. The van der Waals surface area contributed by atoms with Gasteiger partial charge < -0.3 is 30.5 Å². The molecule has 4 rings (SSSR count). The number of hydrogen-bond acceptors (Lipinski definition) is 6. The fourth-order valence-electron chi connectivity index (χ4n) is 4.45. The first kappa shape index (κ1) is 28.3. The molecule has 0 heterocycles. The second-order valence-electron chi connectivity index (χ2n) is 9.64. The molecule has 0 amide bonds. The summed E-state index contributed by atoms with van der Waals surface area (Å²) in [5.74, 6) is 1.74. The van der Waals surface area contributed by atoms with Gasteiger partial charge in [0.2, 0.25) is 0 Å². The van der Waals surface area contributed by atoms with E-state index in [1.165, 1.54) is 33.4 Å². The van der Waals surface area contributed by atoms with Crippen molar-refractivity contribution >= 4 is 0 Å². The fraction of sp³-hybridized carbons (Fsp3) is 0.273. The molecule has 0 spiro atoms. The van der Waals surface area contributed by atoms with Gasteiger partial charge in [-0.3, -0.25) is 0 Å². The second kappa shape index (κ2) is 15.0. The van der Waals surface area contributed by atoms with E-state index in [0.29, 0.717) is 0 Å². The first-order valence-corrected chi connectivity index (χ1v) is 13.3. The lowest BCUT2D eigenvalue weighted by Crippen LogP contribution is -2.17. The highest BCUT2D eigenvalue weighted by Crippen LogP contribution is 2.15. The second-order valence-corrected chi connectivity index (χ2v) is 9.64. The third kappa shape index (κ3) is 9.23. The minimum Gasteiger partial charge on any atom is -0.497 e. The van der Waals surface area contributed by atoms with Gasteiger partial charge in [0.25, 0.3) is 0 Å². The number of aliphatic hydroxyl groups is 1. The summed E-state index contributed by atoms with van der Waals surface area (Å²) in [5.41, 5.74) is 8.36. The van der Waals surface area contributed by atoms with Crippen molar-refractivity contribution in [3.63, 3.8) is 0 Å². The van der Waals surface area contributed by atoms with Crippen molar-refractivity contribution in [3.05, 3.63) is 130 Å². The highest BCUT2D eigenvalue weighted by Gasteiger charge is 2.04. The van der Waals surface area contributed by atoms with Crippen LogP contribution in [0.15, 0.2) is 91.0 Å². The van der Waals surface area contributed by atoms with Gasteiger partial charge in [-0.2, -0.15) is 0 Å². The molecule has 39 heavy (non-hydrogen) atoms. The van der Waals surface area contributed by atoms with Gasteiger partial charge in [0, 0.05) is 39.3 Å². The lowest BCUT2D eigenvalue weighted by molar-refractivity contribution is 0.282. The van der Waals surface area contributed by atoms with E-state index in [2.05, 4.69) is 70.5 Å². The normalized spacial score (nSPS) is 10.9. The highest BCUT2D eigenvalue weighted by atomic mass is 16.5. The van der Waals surface area contributed by atoms with E-state index in [0.717, 1.165) is 56.3 Å². The quantitative estimate of drug-likeness (QED) is 0.174. The summed E-state index contributed by atoms with van der Waals surface area (Å²) in [5, 5.41) is 20.0. The topological polar surface area (TPSA) is 74.8 Å². The fourth-order valence-corrected chi connectivity index (χ4v) is 4.45. The summed E-state index contributed by atoms with van der Waals surface area (Å²) in [4.78, 5) is 0. The Bertz CT molecular complexity index is 1100. The molecule has 4 aromatic rings. The minimum atomic E-state index is 0.0717. The van der Waals surface area contributed by atoms with Crippen molar-refractivity contribution in [2.24, 2.45) is 0 Å². The van der Waals surface area contributed by atoms with Gasteiger partial charge in [0.05, 0.1) is 20.8 Å². The van der Waals surface area contributed by atoms with Crippen molar-refractivity contribution in [3.8, 4) is 11.5 Å². The lowest BCUT2D eigenvalue weighted by Gasteiger charge is -2.13. The number of benzene rings is 4. The third-order valence-electron chi connectivity index (χ3n) is 6.61. The molecule has 0 unspecified atom stereocenters. The maximum Gasteiger partial charge on any atom is 0.118 e. The predicted octanol–water partition coefficient (Wildman–Crippen LogP) is 5.07. The van der Waals surface area contributed by atoms with Gasteiger partial charge in [-0.15, -0.1) is 0 Å². The van der Waals surface area contributed by atoms with E-state index < -0.39 is 0 Å². The zero-order valence-electron chi connectivity index (χ0n) is 22.9. The molecule has 0 aliphatic rings. The zero-order chi connectivity index (χ0) is 27.3. The van der Waals surface area contributed by atoms with Gasteiger partial charge in [-0.25, -0.2) is 0 Å². The summed E-state index contributed by atoms with van der Waals surface area (Å²) in [6.07, 6.45) is 0. The minimum absolute atomic E-state index is 0.0717. The van der Waals surface area contributed by atoms with Crippen molar-refractivity contribution in [1.29, 1.82) is 0 Å². The zero-order valence-corrected chi connectivity index (χ0v) is 22.9. The van der Waals surface area contributed by atoms with Crippen LogP contribution in [0.25, 0.3) is 0 Å². The van der Waals surface area contributed by atoms with Gasteiger partial charge in [-0.1, -0.05) is 66.7 Å². The molecule has 4 aromatic carbocycles. The number of ether oxygens (including phenoxy) is 2. The van der Waals surface area contributed by atoms with Gasteiger partial charge in [0.15, 0.2) is 0 Å². The number of rotatable bonds is 15. The van der Waals surface area contributed by atoms with E-state index in [-0.39, 0.29) is 6.61 Å². The molecule has 0 saturated carbocycles. The molecule has 4 N–H and O–H groups in total. The highest BCUT2D eigenvalue weighted by molar-refractivity contribution is 5.32. The molecule has 0 saturated heterocycles. The van der Waals surface area contributed by atoms with Crippen molar-refractivity contribution in [2.45, 2.75) is 45.9 Å². The molecular formula is C33H39N3O3. The summed E-state index contributed by atoms with van der Waals surface area (Å²) < 4.78 is 10.5. The standard InChI is InChI=1S/C33H39N3O3/c1-38-32-11-7-26(8-12-32)19-35-22-30-15-29(21-34-18-25-3-5-28(24-37)6-4-25)16-31(17-30)23-36-20-27-9-13-33(39-2)14-10-27/h3-17,34-37H,18-24H2,1-2H3. The van der Waals surface area contributed by atoms with Crippen LogP contribution in [0, 0.1) is 0 Å². The van der Waals surface area contributed by atoms with Crippen LogP contribution < -0.4 is 25.4 Å². The van der Waals surface area contributed by atoms with Crippen molar-refractivity contribution in [2.75, 3.05) is 14.2 Å². The molecule has 0 radical (unpaired) electrons. The Morgan fingerprint density at radius 1 is 0.436 bits per heavy atom. The van der Waals surface area contributed by atoms with E-state index in [4.69, 9.17) is 9.47 Å². The van der Waals surface area contributed by atoms with Crippen LogP contribution in [0.1, 0.15) is 38.9 Å². The summed E-state index contributed by atoms with van der Waals surface area (Å²) in [7, 11) is 3.37. The number of hydrogen-bond donors (Lipinski definition) is 4. The molecule has 0 aliphatic carbocycles. The largest absolute Gasteiger partial charge is 0.497 e. The summed E-state index contributed by atoms with van der Waals surface area (Å²) in [6.45, 7) is 4.78. The molecule has 0 bridgehead atoms. The molecule has 6 nitrogen and oxygen atoms in total. The molecular weight excluding hydrogens is 486 g/mol. The smallest absolute Gasteiger partial charge is 0.118 e. The number of methoxy groups -OCH3 is 2. The van der Waals surface area contributed by atoms with E-state index >= 15 is 0 Å². The maximum atomic E-state index is 9.26. The molecule has 0 aliphatic heterocycles. The Labute approximate surface area is 232 Å². The average molecular weight is 526 g/mol. The van der Waals surface area contributed by atoms with Crippen LogP contribution in [0.5, 0.6) is 11.5 Å². The number of nitrogens with one attached hydrogen (secondary N) is 3. The van der Waals surface area contributed by atoms with Gasteiger partial charge in [-0.05, 0) is 63.2 Å². The van der Waals surface area contributed by atoms with Crippen LogP contribution in [0.2, 0.25) is 0 Å². The Morgan fingerprint density at radius 3 is 1.03 bits per heavy atom. The molecule has 0 atom stereocenters. The lowest BCUT2D eigenvalue weighted by atomic mass is 10.0. The predicted molar refractivity (Wildman–Crippen MR) is 156 cm³/mol. The average Bonchev–Trinajstić information content (AvgIpc) is 2.98. The van der Waals surface area contributed by atoms with Gasteiger partial charge in [0.1, 0.15) is 11.5 Å². The Kier molecular flexibility index (Phi) is 10.9. The number of aliphatic hydroxyl groups excluding tert-OH is 1. The van der Waals surface area contributed by atoms with Crippen LogP contribution in [-0.2, 0) is 45.9 Å². The van der Waals surface area contributed by atoms with E-state index in [9.17, 15) is 5.11 Å². The Balaban J connectivity index is 1.36. The summed E-state index contributed by atoms with van der Waals surface area (Å²) >= 11 is 0. The van der Waals surface area contributed by atoms with E-state index in [1.54, 1.807) is 14.2 Å². The Hall–Kier alpha value is -3.68. The van der Waals surface area contributed by atoms with E-state index in [1.807, 2.05) is 36.4 Å². The van der Waals surface area contributed by atoms with Crippen LogP contribution in [0.3, 0.4) is 0 Å². The van der Waals surface area contributed by atoms with Crippen LogP contribution in [-0.4, -0.2) is 19.3 Å². The molecule has 0 fully saturated rings. The summed E-state index contributed by atoms with van der Waals surface area (Å²) in [6, 6.07) is 31.2. The SMILES string of the molecule is COc1ccc(CNCc2cc(CNCc3ccc(CO)cc3)cc(CNCc3ccc(OC)cc3)c2)cc1. The molecule has 0 aromatic heterocycles. The van der Waals surface area contributed by atoms with Crippen LogP contribution in [0.4, 0.5) is 0 Å².